The molecule has 2 aromatic carbocycles. The maximum absolute atomic E-state index is 6.23. The highest BCUT2D eigenvalue weighted by Gasteiger charge is 2.15. The van der Waals surface area contributed by atoms with Crippen LogP contribution in [0.4, 0.5) is 0 Å². The van der Waals surface area contributed by atoms with E-state index in [1.54, 1.807) is 41.2 Å². The van der Waals surface area contributed by atoms with Gasteiger partial charge in [-0.2, -0.15) is 0 Å². The number of aromatic nitrogens is 3. The third kappa shape index (κ3) is 2.40. The van der Waals surface area contributed by atoms with Crippen molar-refractivity contribution in [1.82, 2.24) is 15.0 Å². The molecule has 100 valence electrons. The molecule has 0 spiro atoms. The van der Waals surface area contributed by atoms with Gasteiger partial charge in [-0.05, 0) is 36.4 Å². The molecule has 0 saturated heterocycles. The van der Waals surface area contributed by atoms with Crippen molar-refractivity contribution < 1.29 is 0 Å². The lowest BCUT2D eigenvalue weighted by molar-refractivity contribution is 0.808. The van der Waals surface area contributed by atoms with Crippen molar-refractivity contribution in [3.63, 3.8) is 0 Å². The van der Waals surface area contributed by atoms with Gasteiger partial charge in [0.15, 0.2) is 0 Å². The summed E-state index contributed by atoms with van der Waals surface area (Å²) < 4.78 is 1.67. The van der Waals surface area contributed by atoms with Crippen LogP contribution in [0.15, 0.2) is 48.7 Å². The maximum Gasteiger partial charge on any atom is 0.0974 e. The number of benzene rings is 2. The van der Waals surface area contributed by atoms with Crippen LogP contribution < -0.4 is 0 Å². The quantitative estimate of drug-likeness (QED) is 0.671. The van der Waals surface area contributed by atoms with Crippen LogP contribution in [0.1, 0.15) is 0 Å². The van der Waals surface area contributed by atoms with Crippen LogP contribution in [0.3, 0.4) is 0 Å². The molecule has 6 heteroatoms. The van der Waals surface area contributed by atoms with Crippen molar-refractivity contribution in [3.8, 4) is 16.9 Å². The third-order valence-electron chi connectivity index (χ3n) is 2.84. The van der Waals surface area contributed by atoms with E-state index in [0.29, 0.717) is 20.6 Å². The standard InChI is InChI=1S/C14H8Cl3N3/c15-9-4-6-10(7-5-9)20-13(8-18-19-20)14-11(16)2-1-3-12(14)17/h1-8H. The van der Waals surface area contributed by atoms with E-state index in [1.807, 2.05) is 12.1 Å². The van der Waals surface area contributed by atoms with Crippen molar-refractivity contribution >= 4 is 34.8 Å². The summed E-state index contributed by atoms with van der Waals surface area (Å²) in [7, 11) is 0. The van der Waals surface area contributed by atoms with Crippen LogP contribution in [0.5, 0.6) is 0 Å². The lowest BCUT2D eigenvalue weighted by Gasteiger charge is -2.09. The summed E-state index contributed by atoms with van der Waals surface area (Å²) in [4.78, 5) is 0. The molecule has 0 amide bonds. The minimum Gasteiger partial charge on any atom is -0.213 e. The van der Waals surface area contributed by atoms with Gasteiger partial charge in [0.1, 0.15) is 0 Å². The first-order valence-corrected chi connectivity index (χ1v) is 6.91. The summed E-state index contributed by atoms with van der Waals surface area (Å²) in [5, 5.41) is 9.78. The molecule has 0 atom stereocenters. The molecule has 0 aliphatic heterocycles. The zero-order chi connectivity index (χ0) is 14.1. The molecule has 1 aromatic heterocycles. The SMILES string of the molecule is Clc1ccc(-n2nncc2-c2c(Cl)cccc2Cl)cc1. The zero-order valence-corrected chi connectivity index (χ0v) is 12.4. The summed E-state index contributed by atoms with van der Waals surface area (Å²) >= 11 is 18.4. The molecule has 3 aromatic rings. The van der Waals surface area contributed by atoms with Crippen LogP contribution >= 0.6 is 34.8 Å². The maximum atomic E-state index is 6.23. The lowest BCUT2D eigenvalue weighted by Crippen LogP contribution is -1.99. The molecule has 3 nitrogen and oxygen atoms in total. The molecular formula is C14H8Cl3N3. The van der Waals surface area contributed by atoms with Gasteiger partial charge in [0.2, 0.25) is 0 Å². The van der Waals surface area contributed by atoms with Gasteiger partial charge in [-0.15, -0.1) is 5.10 Å². The normalized spacial score (nSPS) is 10.8. The minimum absolute atomic E-state index is 0.551. The van der Waals surface area contributed by atoms with Crippen LogP contribution in [-0.4, -0.2) is 15.0 Å². The Morgan fingerprint density at radius 1 is 0.850 bits per heavy atom. The zero-order valence-electron chi connectivity index (χ0n) is 10.1. The first-order valence-electron chi connectivity index (χ1n) is 5.78. The fourth-order valence-corrected chi connectivity index (χ4v) is 2.64. The molecule has 1 heterocycles. The van der Waals surface area contributed by atoms with Gasteiger partial charge >= 0.3 is 0 Å². The van der Waals surface area contributed by atoms with Gasteiger partial charge in [-0.1, -0.05) is 46.1 Å². The Morgan fingerprint density at radius 3 is 2.15 bits per heavy atom. The highest BCUT2D eigenvalue weighted by molar-refractivity contribution is 6.39. The molecule has 3 rings (SSSR count). The van der Waals surface area contributed by atoms with Gasteiger partial charge in [0.25, 0.3) is 0 Å². The highest BCUT2D eigenvalue weighted by atomic mass is 35.5. The molecule has 0 saturated carbocycles. The van der Waals surface area contributed by atoms with E-state index in [-0.39, 0.29) is 0 Å². The van der Waals surface area contributed by atoms with Gasteiger partial charge in [-0.3, -0.25) is 0 Å². The smallest absolute Gasteiger partial charge is 0.0974 e. The topological polar surface area (TPSA) is 30.7 Å². The molecule has 0 unspecified atom stereocenters. The first kappa shape index (κ1) is 13.4. The van der Waals surface area contributed by atoms with Crippen molar-refractivity contribution in [3.05, 3.63) is 63.7 Å². The number of hydrogen-bond acceptors (Lipinski definition) is 2. The summed E-state index contributed by atoms with van der Waals surface area (Å²) in [5.74, 6) is 0. The van der Waals surface area contributed by atoms with Crippen molar-refractivity contribution in [2.45, 2.75) is 0 Å². The second-order valence-corrected chi connectivity index (χ2v) is 5.35. The lowest BCUT2D eigenvalue weighted by atomic mass is 10.1. The van der Waals surface area contributed by atoms with E-state index < -0.39 is 0 Å². The second kappa shape index (κ2) is 5.44. The number of nitrogens with zero attached hydrogens (tertiary/aromatic N) is 3. The first-order chi connectivity index (χ1) is 9.66. The van der Waals surface area contributed by atoms with E-state index in [4.69, 9.17) is 34.8 Å². The summed E-state index contributed by atoms with van der Waals surface area (Å²) in [5.41, 5.74) is 2.26. The van der Waals surface area contributed by atoms with Gasteiger partial charge in [-0.25, -0.2) is 4.68 Å². The molecule has 0 bridgehead atoms. The largest absolute Gasteiger partial charge is 0.213 e. The van der Waals surface area contributed by atoms with Crippen molar-refractivity contribution in [1.29, 1.82) is 0 Å². The van der Waals surface area contributed by atoms with Gasteiger partial charge in [0, 0.05) is 10.6 Å². The number of rotatable bonds is 2. The molecule has 20 heavy (non-hydrogen) atoms. The van der Waals surface area contributed by atoms with Crippen LogP contribution in [0.25, 0.3) is 16.9 Å². The van der Waals surface area contributed by atoms with Gasteiger partial charge in [0.05, 0.1) is 27.6 Å². The summed E-state index contributed by atoms with van der Waals surface area (Å²) in [6.07, 6.45) is 1.63. The molecule has 0 radical (unpaired) electrons. The van der Waals surface area contributed by atoms with Crippen molar-refractivity contribution in [2.75, 3.05) is 0 Å². The predicted octanol–water partition coefficient (Wildman–Crippen LogP) is 4.89. The van der Waals surface area contributed by atoms with E-state index in [2.05, 4.69) is 10.3 Å². The Labute approximate surface area is 130 Å². The molecule has 0 aliphatic rings. The summed E-state index contributed by atoms with van der Waals surface area (Å²) in [6, 6.07) is 12.6. The van der Waals surface area contributed by atoms with Crippen LogP contribution in [0, 0.1) is 0 Å². The summed E-state index contributed by atoms with van der Waals surface area (Å²) in [6.45, 7) is 0. The van der Waals surface area contributed by atoms with E-state index in [0.717, 1.165) is 11.4 Å². The second-order valence-electron chi connectivity index (χ2n) is 4.10. The highest BCUT2D eigenvalue weighted by Crippen LogP contribution is 2.34. The van der Waals surface area contributed by atoms with Crippen LogP contribution in [0.2, 0.25) is 15.1 Å². The Hall–Kier alpha value is -1.55. The van der Waals surface area contributed by atoms with E-state index in [9.17, 15) is 0 Å². The van der Waals surface area contributed by atoms with E-state index in [1.165, 1.54) is 0 Å². The Balaban J connectivity index is 2.18. The number of hydrogen-bond donors (Lipinski definition) is 0. The molecule has 0 fully saturated rings. The fraction of sp³-hybridized carbons (Fsp3) is 0. The van der Waals surface area contributed by atoms with Gasteiger partial charge < -0.3 is 0 Å². The molecule has 0 N–H and O–H groups in total. The molecular weight excluding hydrogens is 317 g/mol. The minimum atomic E-state index is 0.551. The third-order valence-corrected chi connectivity index (χ3v) is 3.72. The number of halogens is 3. The fourth-order valence-electron chi connectivity index (χ4n) is 1.92. The Morgan fingerprint density at radius 2 is 1.50 bits per heavy atom. The molecule has 0 aliphatic carbocycles. The average molecular weight is 325 g/mol. The Bertz CT molecular complexity index is 730. The van der Waals surface area contributed by atoms with Crippen LogP contribution in [-0.2, 0) is 0 Å². The predicted molar refractivity (Wildman–Crippen MR) is 81.8 cm³/mol. The van der Waals surface area contributed by atoms with E-state index >= 15 is 0 Å². The van der Waals surface area contributed by atoms with Crippen molar-refractivity contribution in [2.24, 2.45) is 0 Å². The monoisotopic (exact) mass is 323 g/mol. The Kier molecular flexibility index (Phi) is 3.66. The average Bonchev–Trinajstić information content (AvgIpc) is 2.88.